The average molecular weight is 712 g/mol. The van der Waals surface area contributed by atoms with Gasteiger partial charge in [0.25, 0.3) is 11.8 Å². The number of carbonyl (C=O) groups is 3. The zero-order valence-corrected chi connectivity index (χ0v) is 30.6. The number of alkyl halides is 1. The maximum Gasteiger partial charge on any atom is 0.407 e. The topological polar surface area (TPSA) is 163 Å². The standard InChI is InChI=1S/C38H54FN5O7/c1-6-27-31(44-35(46)33(27)39)23-50-36-29-20-32(48-5)30(34(40)45)19-28(29)26(22-43-36)14-13-24-9-11-25(12-10-24)21-41-15-7-17-49-18-8-16-42-37(47)51-38(2,3)4/h19-20,22,24-25,27,31,33,41H,6-12,15-18,21,23H2,1-5H3,(H2,40,45)(H,42,47)(H,44,46)/t24-,25-,27-,31+,33-/m0/s1. The molecule has 3 amide bonds. The van der Waals surface area contributed by atoms with Crippen molar-refractivity contribution < 1.29 is 37.7 Å². The van der Waals surface area contributed by atoms with Crippen LogP contribution < -0.4 is 31.2 Å². The Labute approximate surface area is 300 Å². The van der Waals surface area contributed by atoms with Gasteiger partial charge in [-0.15, -0.1) is 0 Å². The smallest absolute Gasteiger partial charge is 0.407 e. The number of hydrogen-bond acceptors (Lipinski definition) is 9. The Hall–Kier alpha value is -4.15. The van der Waals surface area contributed by atoms with Crippen LogP contribution in [0.15, 0.2) is 18.3 Å². The second kappa shape index (κ2) is 18.9. The third-order valence-corrected chi connectivity index (χ3v) is 9.25. The lowest BCUT2D eigenvalue weighted by Crippen LogP contribution is -2.34. The number of aromatic nitrogens is 1. The van der Waals surface area contributed by atoms with Gasteiger partial charge in [-0.2, -0.15) is 0 Å². The van der Waals surface area contributed by atoms with Crippen molar-refractivity contribution in [2.24, 2.45) is 23.5 Å². The van der Waals surface area contributed by atoms with E-state index in [0.29, 0.717) is 48.4 Å². The molecule has 51 heavy (non-hydrogen) atoms. The van der Waals surface area contributed by atoms with Gasteiger partial charge in [-0.25, -0.2) is 14.2 Å². The van der Waals surface area contributed by atoms with Crippen molar-refractivity contribution >= 4 is 28.7 Å². The molecule has 0 spiro atoms. The number of pyridine rings is 1. The van der Waals surface area contributed by atoms with Crippen LogP contribution in [0.3, 0.4) is 0 Å². The molecule has 2 aliphatic rings. The number of nitrogens with zero attached hydrogens (tertiary/aromatic N) is 1. The summed E-state index contributed by atoms with van der Waals surface area (Å²) in [7, 11) is 1.45. The van der Waals surface area contributed by atoms with E-state index in [-0.39, 0.29) is 29.7 Å². The van der Waals surface area contributed by atoms with Crippen LogP contribution in [-0.4, -0.2) is 87.3 Å². The van der Waals surface area contributed by atoms with Crippen molar-refractivity contribution in [1.82, 2.24) is 20.9 Å². The number of rotatable bonds is 16. The van der Waals surface area contributed by atoms with Crippen LogP contribution in [0.25, 0.3) is 10.8 Å². The van der Waals surface area contributed by atoms with Gasteiger partial charge in [0.05, 0.1) is 24.3 Å². The normalized spacial score (nSPS) is 21.8. The molecule has 1 aliphatic carbocycles. The first-order valence-corrected chi connectivity index (χ1v) is 18.0. The van der Waals surface area contributed by atoms with E-state index in [2.05, 4.69) is 32.8 Å². The van der Waals surface area contributed by atoms with Crippen molar-refractivity contribution in [2.75, 3.05) is 46.6 Å². The maximum absolute atomic E-state index is 14.3. The highest BCUT2D eigenvalue weighted by atomic mass is 19.1. The molecule has 2 heterocycles. The SMILES string of the molecule is CC[C@@H]1[C@H](F)C(=O)N[C@@H]1COc1ncc(C#C[C@H]2CC[C@H](CNCCCOCCCNC(=O)OC(C)(C)C)CC2)c2cc(C(N)=O)c(OC)cc12. The van der Waals surface area contributed by atoms with Gasteiger partial charge < -0.3 is 40.6 Å². The molecule has 4 rings (SSSR count). The molecule has 2 aromatic rings. The van der Waals surface area contributed by atoms with Crippen LogP contribution in [-0.2, 0) is 14.3 Å². The third-order valence-electron chi connectivity index (χ3n) is 9.25. The van der Waals surface area contributed by atoms with Gasteiger partial charge in [0, 0.05) is 48.6 Å². The fourth-order valence-electron chi connectivity index (χ4n) is 6.49. The Morgan fingerprint density at radius 3 is 2.49 bits per heavy atom. The molecular weight excluding hydrogens is 657 g/mol. The van der Waals surface area contributed by atoms with Gasteiger partial charge in [0.2, 0.25) is 5.88 Å². The number of nitrogens with two attached hydrogens (primary N) is 1. The minimum Gasteiger partial charge on any atom is -0.496 e. The monoisotopic (exact) mass is 711 g/mol. The van der Waals surface area contributed by atoms with Crippen LogP contribution in [0.2, 0.25) is 0 Å². The third kappa shape index (κ3) is 11.7. The van der Waals surface area contributed by atoms with E-state index in [4.69, 9.17) is 24.7 Å². The van der Waals surface area contributed by atoms with Crippen molar-refractivity contribution in [1.29, 1.82) is 0 Å². The van der Waals surface area contributed by atoms with Gasteiger partial charge in [-0.3, -0.25) is 9.59 Å². The number of nitrogens with one attached hydrogen (secondary N) is 3. The van der Waals surface area contributed by atoms with Crippen molar-refractivity contribution in [2.45, 2.75) is 90.5 Å². The minimum absolute atomic E-state index is 0.0419. The lowest BCUT2D eigenvalue weighted by molar-refractivity contribution is -0.124. The van der Waals surface area contributed by atoms with Crippen molar-refractivity contribution in [3.05, 3.63) is 29.5 Å². The van der Waals surface area contributed by atoms with E-state index < -0.39 is 41.6 Å². The van der Waals surface area contributed by atoms with Gasteiger partial charge in [-0.1, -0.05) is 18.8 Å². The molecule has 1 aromatic carbocycles. The zero-order valence-electron chi connectivity index (χ0n) is 30.6. The maximum atomic E-state index is 14.3. The highest BCUT2D eigenvalue weighted by Gasteiger charge is 2.41. The molecule has 2 fully saturated rings. The number of amides is 3. The fraction of sp³-hybridized carbons (Fsp3) is 0.632. The zero-order chi connectivity index (χ0) is 37.0. The number of hydrogen-bond donors (Lipinski definition) is 4. The quantitative estimate of drug-likeness (QED) is 0.143. The first kappa shape index (κ1) is 39.6. The van der Waals surface area contributed by atoms with Crippen LogP contribution in [0.4, 0.5) is 9.18 Å². The first-order chi connectivity index (χ1) is 24.4. The number of methoxy groups -OCH3 is 1. The number of alkyl carbamates (subject to hydrolysis) is 1. The summed E-state index contributed by atoms with van der Waals surface area (Å²) < 4.78 is 36.7. The second-order valence-electron chi connectivity index (χ2n) is 14.3. The molecule has 12 nitrogen and oxygen atoms in total. The van der Waals surface area contributed by atoms with E-state index in [1.807, 2.05) is 27.7 Å². The highest BCUT2D eigenvalue weighted by Crippen LogP contribution is 2.34. The van der Waals surface area contributed by atoms with E-state index in [9.17, 15) is 18.8 Å². The molecule has 5 N–H and O–H groups in total. The van der Waals surface area contributed by atoms with E-state index in [0.717, 1.165) is 51.6 Å². The molecule has 13 heteroatoms. The first-order valence-electron chi connectivity index (χ1n) is 18.0. The number of carbonyl (C=O) groups excluding carboxylic acids is 3. The number of ether oxygens (including phenoxy) is 4. The van der Waals surface area contributed by atoms with Gasteiger partial charge >= 0.3 is 6.09 Å². The fourth-order valence-corrected chi connectivity index (χ4v) is 6.49. The van der Waals surface area contributed by atoms with Crippen LogP contribution >= 0.6 is 0 Å². The molecule has 1 aliphatic heterocycles. The molecular formula is C38H54FN5O7. The number of benzene rings is 1. The van der Waals surface area contributed by atoms with Crippen LogP contribution in [0.5, 0.6) is 11.6 Å². The predicted octanol–water partition coefficient (Wildman–Crippen LogP) is 4.65. The lowest BCUT2D eigenvalue weighted by atomic mass is 9.82. The van der Waals surface area contributed by atoms with Gasteiger partial charge in [0.15, 0.2) is 6.17 Å². The van der Waals surface area contributed by atoms with E-state index >= 15 is 0 Å². The summed E-state index contributed by atoms with van der Waals surface area (Å²) in [6, 6.07) is 2.82. The number of halogens is 1. The molecule has 3 atom stereocenters. The summed E-state index contributed by atoms with van der Waals surface area (Å²) in [5, 5.41) is 10.2. The highest BCUT2D eigenvalue weighted by molar-refractivity contribution is 6.03. The molecule has 1 saturated carbocycles. The minimum atomic E-state index is -1.57. The summed E-state index contributed by atoms with van der Waals surface area (Å²) in [5.74, 6) is 6.36. The molecule has 0 radical (unpaired) electrons. The summed E-state index contributed by atoms with van der Waals surface area (Å²) in [6.07, 6.45) is 5.93. The van der Waals surface area contributed by atoms with Crippen molar-refractivity contribution in [3.63, 3.8) is 0 Å². The number of primary amides is 1. The number of fused-ring (bicyclic) bond motifs is 1. The molecule has 280 valence electrons. The van der Waals surface area contributed by atoms with Gasteiger partial charge in [-0.05, 0) is 96.9 Å². The summed E-state index contributed by atoms with van der Waals surface area (Å²) in [5.41, 5.74) is 6.02. The molecule has 1 saturated heterocycles. The van der Waals surface area contributed by atoms with E-state index in [1.165, 1.54) is 7.11 Å². The Kier molecular flexibility index (Phi) is 14.7. The largest absolute Gasteiger partial charge is 0.496 e. The summed E-state index contributed by atoms with van der Waals surface area (Å²) >= 11 is 0. The molecule has 0 bridgehead atoms. The summed E-state index contributed by atoms with van der Waals surface area (Å²) in [4.78, 5) is 40.4. The average Bonchev–Trinajstić information content (AvgIpc) is 3.37. The Balaban J connectivity index is 1.25. The molecule has 1 aromatic heterocycles. The Morgan fingerprint density at radius 1 is 1.10 bits per heavy atom. The van der Waals surface area contributed by atoms with Crippen LogP contribution in [0.1, 0.15) is 88.6 Å². The molecule has 0 unspecified atom stereocenters. The van der Waals surface area contributed by atoms with Crippen LogP contribution in [0, 0.1) is 29.6 Å². The predicted molar refractivity (Wildman–Crippen MR) is 192 cm³/mol. The van der Waals surface area contributed by atoms with Gasteiger partial charge in [0.1, 0.15) is 18.0 Å². The second-order valence-corrected chi connectivity index (χ2v) is 14.3. The van der Waals surface area contributed by atoms with Crippen molar-refractivity contribution in [3.8, 4) is 23.5 Å². The lowest BCUT2D eigenvalue weighted by Gasteiger charge is -2.25. The Morgan fingerprint density at radius 2 is 1.82 bits per heavy atom. The van der Waals surface area contributed by atoms with E-state index in [1.54, 1.807) is 18.3 Å². The Bertz CT molecular complexity index is 1560. The summed E-state index contributed by atoms with van der Waals surface area (Å²) in [6.45, 7) is 11.0.